The first kappa shape index (κ1) is 17.9. The van der Waals surface area contributed by atoms with E-state index >= 15 is 0 Å². The van der Waals surface area contributed by atoms with E-state index in [2.05, 4.69) is 20.8 Å². The number of hydrogen-bond donors (Lipinski definition) is 0. The van der Waals surface area contributed by atoms with Crippen LogP contribution in [0.1, 0.15) is 52.9 Å². The second-order valence-electron chi connectivity index (χ2n) is 4.72. The zero-order chi connectivity index (χ0) is 13.5. The Balaban J connectivity index is 3.17. The van der Waals surface area contributed by atoms with Gasteiger partial charge in [-0.15, -0.1) is 0 Å². The van der Waals surface area contributed by atoms with E-state index in [9.17, 15) is 0 Å². The molecule has 1 unspecified atom stereocenters. The van der Waals surface area contributed by atoms with Crippen LogP contribution in [-0.2, 0) is 14.2 Å². The average Bonchev–Trinajstić information content (AvgIpc) is 2.40. The van der Waals surface area contributed by atoms with Crippen LogP contribution >= 0.6 is 0 Å². The van der Waals surface area contributed by atoms with Crippen LogP contribution in [-0.4, -0.2) is 39.6 Å². The first-order valence-corrected chi connectivity index (χ1v) is 7.58. The van der Waals surface area contributed by atoms with E-state index in [0.717, 1.165) is 25.6 Å². The Labute approximate surface area is 113 Å². The predicted molar refractivity (Wildman–Crippen MR) is 76.1 cm³/mol. The standard InChI is InChI=1S/C15H32O3/c1-4-7-8-15(6-3)14-18-13-12-17-11-10-16-9-5-2/h15H,4-14H2,1-3H3. The molecule has 0 aliphatic carbocycles. The monoisotopic (exact) mass is 260 g/mol. The van der Waals surface area contributed by atoms with E-state index in [1.165, 1.54) is 25.7 Å². The van der Waals surface area contributed by atoms with Crippen molar-refractivity contribution in [3.8, 4) is 0 Å². The smallest absolute Gasteiger partial charge is 0.0701 e. The summed E-state index contributed by atoms with van der Waals surface area (Å²) in [4.78, 5) is 0. The Morgan fingerprint density at radius 3 is 1.89 bits per heavy atom. The fourth-order valence-electron chi connectivity index (χ4n) is 1.73. The minimum absolute atomic E-state index is 0.677. The van der Waals surface area contributed by atoms with Gasteiger partial charge in [0.2, 0.25) is 0 Å². The van der Waals surface area contributed by atoms with Crippen LogP contribution in [0.2, 0.25) is 0 Å². The topological polar surface area (TPSA) is 27.7 Å². The molecule has 0 rings (SSSR count). The molecule has 0 fully saturated rings. The number of ether oxygens (including phenoxy) is 3. The van der Waals surface area contributed by atoms with Gasteiger partial charge in [-0.3, -0.25) is 0 Å². The number of rotatable bonds is 14. The second kappa shape index (κ2) is 14.9. The molecule has 0 heterocycles. The highest BCUT2D eigenvalue weighted by atomic mass is 16.5. The van der Waals surface area contributed by atoms with Gasteiger partial charge in [0.1, 0.15) is 0 Å². The molecule has 0 saturated carbocycles. The fourth-order valence-corrected chi connectivity index (χ4v) is 1.73. The zero-order valence-corrected chi connectivity index (χ0v) is 12.6. The third kappa shape index (κ3) is 12.3. The molecule has 3 heteroatoms. The first-order chi connectivity index (χ1) is 8.85. The van der Waals surface area contributed by atoms with E-state index in [1.807, 2.05) is 0 Å². The Morgan fingerprint density at radius 1 is 0.722 bits per heavy atom. The van der Waals surface area contributed by atoms with Crippen molar-refractivity contribution in [2.75, 3.05) is 39.6 Å². The summed E-state index contributed by atoms with van der Waals surface area (Å²) in [6.45, 7) is 11.1. The van der Waals surface area contributed by atoms with E-state index in [-0.39, 0.29) is 0 Å². The maximum absolute atomic E-state index is 5.65. The van der Waals surface area contributed by atoms with Gasteiger partial charge in [0.25, 0.3) is 0 Å². The van der Waals surface area contributed by atoms with Crippen LogP contribution < -0.4 is 0 Å². The van der Waals surface area contributed by atoms with Gasteiger partial charge in [-0.05, 0) is 18.8 Å². The number of unbranched alkanes of at least 4 members (excludes halogenated alkanes) is 1. The van der Waals surface area contributed by atoms with Gasteiger partial charge in [-0.25, -0.2) is 0 Å². The van der Waals surface area contributed by atoms with Crippen molar-refractivity contribution < 1.29 is 14.2 Å². The molecule has 18 heavy (non-hydrogen) atoms. The first-order valence-electron chi connectivity index (χ1n) is 7.58. The maximum Gasteiger partial charge on any atom is 0.0701 e. The van der Waals surface area contributed by atoms with E-state index in [1.54, 1.807) is 0 Å². The van der Waals surface area contributed by atoms with Crippen LogP contribution in [0.15, 0.2) is 0 Å². The highest BCUT2D eigenvalue weighted by Crippen LogP contribution is 2.12. The van der Waals surface area contributed by atoms with Crippen molar-refractivity contribution in [3.05, 3.63) is 0 Å². The molecule has 0 aromatic heterocycles. The molecule has 0 bridgehead atoms. The molecule has 0 spiro atoms. The lowest BCUT2D eigenvalue weighted by atomic mass is 10.0. The molecule has 1 atom stereocenters. The molecule has 0 aliphatic heterocycles. The second-order valence-corrected chi connectivity index (χ2v) is 4.72. The van der Waals surface area contributed by atoms with Gasteiger partial charge in [0, 0.05) is 13.2 Å². The molecule has 0 aromatic carbocycles. The van der Waals surface area contributed by atoms with E-state index in [0.29, 0.717) is 26.4 Å². The summed E-state index contributed by atoms with van der Waals surface area (Å²) in [6.07, 6.45) is 6.16. The normalized spacial score (nSPS) is 12.8. The molecular weight excluding hydrogens is 228 g/mol. The van der Waals surface area contributed by atoms with Crippen LogP contribution in [0.4, 0.5) is 0 Å². The average molecular weight is 260 g/mol. The largest absolute Gasteiger partial charge is 0.379 e. The molecule has 0 radical (unpaired) electrons. The predicted octanol–water partition coefficient (Wildman–Crippen LogP) is 3.66. The maximum atomic E-state index is 5.65. The SMILES string of the molecule is CCCCC(CC)COCCOCCOCCC. The van der Waals surface area contributed by atoms with Crippen molar-refractivity contribution >= 4 is 0 Å². The molecule has 0 saturated heterocycles. The van der Waals surface area contributed by atoms with E-state index in [4.69, 9.17) is 14.2 Å². The lowest BCUT2D eigenvalue weighted by Gasteiger charge is -2.14. The highest BCUT2D eigenvalue weighted by Gasteiger charge is 2.05. The molecule has 0 aliphatic rings. The summed E-state index contributed by atoms with van der Waals surface area (Å²) in [7, 11) is 0. The summed E-state index contributed by atoms with van der Waals surface area (Å²) in [5.74, 6) is 0.720. The van der Waals surface area contributed by atoms with Gasteiger partial charge in [-0.1, -0.05) is 40.0 Å². The Bertz CT molecular complexity index is 151. The van der Waals surface area contributed by atoms with Gasteiger partial charge < -0.3 is 14.2 Å². The summed E-state index contributed by atoms with van der Waals surface area (Å²) >= 11 is 0. The van der Waals surface area contributed by atoms with E-state index < -0.39 is 0 Å². The molecular formula is C15H32O3. The van der Waals surface area contributed by atoms with Gasteiger partial charge >= 0.3 is 0 Å². The van der Waals surface area contributed by atoms with Crippen molar-refractivity contribution in [1.82, 2.24) is 0 Å². The molecule has 0 aromatic rings. The Hall–Kier alpha value is -0.120. The van der Waals surface area contributed by atoms with Crippen LogP contribution in [0.25, 0.3) is 0 Å². The van der Waals surface area contributed by atoms with Gasteiger partial charge in [0.15, 0.2) is 0 Å². The van der Waals surface area contributed by atoms with Crippen LogP contribution in [0, 0.1) is 5.92 Å². The minimum atomic E-state index is 0.677. The highest BCUT2D eigenvalue weighted by molar-refractivity contribution is 4.55. The fraction of sp³-hybridized carbons (Fsp3) is 1.00. The van der Waals surface area contributed by atoms with Crippen molar-refractivity contribution in [2.24, 2.45) is 5.92 Å². The summed E-state index contributed by atoms with van der Waals surface area (Å²) in [5, 5.41) is 0. The lowest BCUT2D eigenvalue weighted by Crippen LogP contribution is -2.14. The quantitative estimate of drug-likeness (QED) is 0.446. The number of hydrogen-bond acceptors (Lipinski definition) is 3. The minimum Gasteiger partial charge on any atom is -0.379 e. The zero-order valence-electron chi connectivity index (χ0n) is 12.6. The molecule has 0 N–H and O–H groups in total. The molecule has 110 valence electrons. The molecule has 0 amide bonds. The van der Waals surface area contributed by atoms with Crippen LogP contribution in [0.3, 0.4) is 0 Å². The Kier molecular flexibility index (Phi) is 14.8. The van der Waals surface area contributed by atoms with Crippen molar-refractivity contribution in [3.63, 3.8) is 0 Å². The van der Waals surface area contributed by atoms with Crippen molar-refractivity contribution in [1.29, 1.82) is 0 Å². The molecule has 3 nitrogen and oxygen atoms in total. The third-order valence-electron chi connectivity index (χ3n) is 2.99. The summed E-state index contributed by atoms with van der Waals surface area (Å²) in [5.41, 5.74) is 0. The Morgan fingerprint density at radius 2 is 1.33 bits per heavy atom. The summed E-state index contributed by atoms with van der Waals surface area (Å²) in [6, 6.07) is 0. The van der Waals surface area contributed by atoms with Gasteiger partial charge in [-0.2, -0.15) is 0 Å². The third-order valence-corrected chi connectivity index (χ3v) is 2.99. The van der Waals surface area contributed by atoms with Crippen molar-refractivity contribution in [2.45, 2.75) is 52.9 Å². The summed E-state index contributed by atoms with van der Waals surface area (Å²) < 4.78 is 16.4. The van der Waals surface area contributed by atoms with Crippen LogP contribution in [0.5, 0.6) is 0 Å². The lowest BCUT2D eigenvalue weighted by molar-refractivity contribution is 0.00632. The van der Waals surface area contributed by atoms with Gasteiger partial charge in [0.05, 0.1) is 26.4 Å².